The van der Waals surface area contributed by atoms with Crippen LogP contribution in [0.1, 0.15) is 26.2 Å². The van der Waals surface area contributed by atoms with Gasteiger partial charge in [-0.2, -0.15) is 0 Å². The summed E-state index contributed by atoms with van der Waals surface area (Å²) in [7, 11) is 0. The minimum absolute atomic E-state index is 0.149. The molecule has 0 aromatic heterocycles. The molecule has 0 aromatic carbocycles. The molecule has 2 aliphatic heterocycles. The first-order chi connectivity index (χ1) is 7.31. The summed E-state index contributed by atoms with van der Waals surface area (Å²) in [6.45, 7) is 7.43. The Kier molecular flexibility index (Phi) is 3.46. The third-order valence-corrected chi connectivity index (χ3v) is 3.56. The topological polar surface area (TPSA) is 35.6 Å². The lowest BCUT2D eigenvalue weighted by Gasteiger charge is -2.39. The Labute approximate surface area is 91.6 Å². The number of nitrogens with one attached hydrogen (secondary N) is 1. The molecule has 4 nitrogen and oxygen atoms in total. The van der Waals surface area contributed by atoms with Crippen molar-refractivity contribution < 1.29 is 4.79 Å². The van der Waals surface area contributed by atoms with Crippen LogP contribution in [0, 0.1) is 0 Å². The van der Waals surface area contributed by atoms with Gasteiger partial charge in [-0.3, -0.25) is 0 Å². The number of piperidine rings is 1. The fourth-order valence-corrected chi connectivity index (χ4v) is 2.54. The number of urea groups is 1. The number of hydrogen-bond acceptors (Lipinski definition) is 2. The van der Waals surface area contributed by atoms with E-state index in [-0.39, 0.29) is 6.03 Å². The number of rotatable bonds is 2. The van der Waals surface area contributed by atoms with Crippen molar-refractivity contribution in [3.8, 4) is 0 Å². The lowest BCUT2D eigenvalue weighted by atomic mass is 10.0. The maximum absolute atomic E-state index is 11.6. The van der Waals surface area contributed by atoms with Gasteiger partial charge < -0.3 is 15.1 Å². The molecule has 0 aliphatic carbocycles. The second-order valence-corrected chi connectivity index (χ2v) is 4.44. The summed E-state index contributed by atoms with van der Waals surface area (Å²) in [5.74, 6) is 0. The Morgan fingerprint density at radius 1 is 1.33 bits per heavy atom. The van der Waals surface area contributed by atoms with Gasteiger partial charge in [0, 0.05) is 32.2 Å². The fourth-order valence-electron chi connectivity index (χ4n) is 2.54. The average molecular weight is 211 g/mol. The molecule has 2 fully saturated rings. The monoisotopic (exact) mass is 211 g/mol. The van der Waals surface area contributed by atoms with E-state index < -0.39 is 0 Å². The summed E-state index contributed by atoms with van der Waals surface area (Å²) in [5.41, 5.74) is 0. The molecular formula is C11H21N3O. The Balaban J connectivity index is 1.86. The van der Waals surface area contributed by atoms with E-state index in [1.807, 2.05) is 4.90 Å². The largest absolute Gasteiger partial charge is 0.338 e. The second-order valence-electron chi connectivity index (χ2n) is 4.44. The van der Waals surface area contributed by atoms with Crippen LogP contribution in [-0.2, 0) is 0 Å². The van der Waals surface area contributed by atoms with E-state index in [9.17, 15) is 4.79 Å². The SMILES string of the molecule is CCN1CCC(N2CCCNC2=O)CC1. The molecule has 2 rings (SSSR count). The van der Waals surface area contributed by atoms with E-state index >= 15 is 0 Å². The Morgan fingerprint density at radius 2 is 2.07 bits per heavy atom. The quantitative estimate of drug-likeness (QED) is 0.736. The van der Waals surface area contributed by atoms with E-state index in [0.717, 1.165) is 52.0 Å². The number of carbonyl (C=O) groups is 1. The zero-order chi connectivity index (χ0) is 10.7. The summed E-state index contributed by atoms with van der Waals surface area (Å²) >= 11 is 0. The molecule has 1 N–H and O–H groups in total. The highest BCUT2D eigenvalue weighted by atomic mass is 16.2. The molecule has 0 spiro atoms. The normalized spacial score (nSPS) is 25.4. The predicted molar refractivity (Wildman–Crippen MR) is 59.9 cm³/mol. The summed E-state index contributed by atoms with van der Waals surface area (Å²) in [6, 6.07) is 0.629. The molecule has 0 saturated carbocycles. The van der Waals surface area contributed by atoms with Crippen molar-refractivity contribution in [2.24, 2.45) is 0 Å². The van der Waals surface area contributed by atoms with Crippen molar-refractivity contribution in [1.29, 1.82) is 0 Å². The van der Waals surface area contributed by atoms with Gasteiger partial charge in [0.2, 0.25) is 0 Å². The van der Waals surface area contributed by atoms with E-state index in [0.29, 0.717) is 6.04 Å². The van der Waals surface area contributed by atoms with Crippen LogP contribution in [0.25, 0.3) is 0 Å². The van der Waals surface area contributed by atoms with E-state index in [2.05, 4.69) is 17.1 Å². The van der Waals surface area contributed by atoms with Crippen molar-refractivity contribution in [2.45, 2.75) is 32.2 Å². The summed E-state index contributed by atoms with van der Waals surface area (Å²) in [5, 5.41) is 2.93. The van der Waals surface area contributed by atoms with Gasteiger partial charge in [-0.05, 0) is 25.8 Å². The molecule has 2 aliphatic rings. The van der Waals surface area contributed by atoms with Gasteiger partial charge in [-0.1, -0.05) is 6.92 Å². The van der Waals surface area contributed by atoms with Gasteiger partial charge in [0.25, 0.3) is 0 Å². The zero-order valence-corrected chi connectivity index (χ0v) is 9.54. The van der Waals surface area contributed by atoms with Crippen LogP contribution >= 0.6 is 0 Å². The van der Waals surface area contributed by atoms with Crippen LogP contribution in [0.15, 0.2) is 0 Å². The third kappa shape index (κ3) is 2.43. The molecule has 2 saturated heterocycles. The standard InChI is InChI=1S/C11H21N3O/c1-2-13-8-4-10(5-9-13)14-7-3-6-12-11(14)15/h10H,2-9H2,1H3,(H,12,15). The molecule has 2 heterocycles. The summed E-state index contributed by atoms with van der Waals surface area (Å²) < 4.78 is 0. The fraction of sp³-hybridized carbons (Fsp3) is 0.909. The van der Waals surface area contributed by atoms with Crippen molar-refractivity contribution in [3.63, 3.8) is 0 Å². The highest BCUT2D eigenvalue weighted by molar-refractivity contribution is 5.75. The first-order valence-electron chi connectivity index (χ1n) is 6.08. The van der Waals surface area contributed by atoms with Crippen molar-refractivity contribution >= 4 is 6.03 Å². The van der Waals surface area contributed by atoms with Crippen molar-refractivity contribution in [3.05, 3.63) is 0 Å². The number of nitrogens with zero attached hydrogens (tertiary/aromatic N) is 2. The molecule has 0 radical (unpaired) electrons. The molecule has 86 valence electrons. The van der Waals surface area contributed by atoms with Crippen LogP contribution < -0.4 is 5.32 Å². The Hall–Kier alpha value is -0.770. The molecule has 15 heavy (non-hydrogen) atoms. The molecule has 0 atom stereocenters. The average Bonchev–Trinajstić information content (AvgIpc) is 2.30. The van der Waals surface area contributed by atoms with Gasteiger partial charge in [0.05, 0.1) is 0 Å². The van der Waals surface area contributed by atoms with Crippen LogP contribution in [0.3, 0.4) is 0 Å². The zero-order valence-electron chi connectivity index (χ0n) is 9.54. The van der Waals surface area contributed by atoms with Gasteiger partial charge in [-0.25, -0.2) is 4.79 Å². The molecule has 0 aromatic rings. The smallest absolute Gasteiger partial charge is 0.317 e. The minimum Gasteiger partial charge on any atom is -0.338 e. The maximum atomic E-state index is 11.6. The van der Waals surface area contributed by atoms with Crippen molar-refractivity contribution in [2.75, 3.05) is 32.7 Å². The van der Waals surface area contributed by atoms with E-state index in [1.54, 1.807) is 0 Å². The third-order valence-electron chi connectivity index (χ3n) is 3.56. The van der Waals surface area contributed by atoms with Crippen LogP contribution in [0.2, 0.25) is 0 Å². The molecule has 4 heteroatoms. The van der Waals surface area contributed by atoms with Gasteiger partial charge in [-0.15, -0.1) is 0 Å². The molecule has 0 bridgehead atoms. The van der Waals surface area contributed by atoms with Gasteiger partial charge >= 0.3 is 6.03 Å². The minimum atomic E-state index is 0.149. The van der Waals surface area contributed by atoms with Crippen molar-refractivity contribution in [1.82, 2.24) is 15.1 Å². The summed E-state index contributed by atoms with van der Waals surface area (Å²) in [6.07, 6.45) is 3.38. The van der Waals surface area contributed by atoms with E-state index in [4.69, 9.17) is 0 Å². The van der Waals surface area contributed by atoms with Gasteiger partial charge in [0.15, 0.2) is 0 Å². The van der Waals surface area contributed by atoms with Gasteiger partial charge in [0.1, 0.15) is 0 Å². The Bertz CT molecular complexity index is 224. The second kappa shape index (κ2) is 4.84. The highest BCUT2D eigenvalue weighted by Crippen LogP contribution is 2.18. The van der Waals surface area contributed by atoms with Crippen LogP contribution in [0.4, 0.5) is 4.79 Å². The lowest BCUT2D eigenvalue weighted by Crippen LogP contribution is -2.54. The predicted octanol–water partition coefficient (Wildman–Crippen LogP) is 0.886. The number of amides is 2. The number of likely N-dealkylation sites (tertiary alicyclic amines) is 1. The first kappa shape index (κ1) is 10.7. The maximum Gasteiger partial charge on any atom is 0.317 e. The Morgan fingerprint density at radius 3 is 2.67 bits per heavy atom. The summed E-state index contributed by atoms with van der Waals surface area (Å²) in [4.78, 5) is 16.1. The number of hydrogen-bond donors (Lipinski definition) is 1. The van der Waals surface area contributed by atoms with Crippen LogP contribution in [0.5, 0.6) is 0 Å². The molecule has 0 unspecified atom stereocenters. The molecular weight excluding hydrogens is 190 g/mol. The van der Waals surface area contributed by atoms with E-state index in [1.165, 1.54) is 0 Å². The first-order valence-corrected chi connectivity index (χ1v) is 6.08. The molecule has 2 amide bonds. The number of carbonyl (C=O) groups excluding carboxylic acids is 1. The highest BCUT2D eigenvalue weighted by Gasteiger charge is 2.28. The van der Waals surface area contributed by atoms with Crippen LogP contribution in [-0.4, -0.2) is 54.6 Å². The lowest BCUT2D eigenvalue weighted by molar-refractivity contribution is 0.114.